The average Bonchev–Trinajstić information content (AvgIpc) is 2.94. The van der Waals surface area contributed by atoms with Crippen LogP contribution in [0.4, 0.5) is 10.5 Å². The Morgan fingerprint density at radius 3 is 2.24 bits per heavy atom. The number of likely N-dealkylation sites (tertiary alicyclic amines) is 1. The third-order valence-corrected chi connectivity index (χ3v) is 3.89. The van der Waals surface area contributed by atoms with E-state index in [9.17, 15) is 9.90 Å². The van der Waals surface area contributed by atoms with Crippen molar-refractivity contribution in [2.75, 3.05) is 39.7 Å². The maximum Gasteiger partial charge on any atom is 0.322 e. The van der Waals surface area contributed by atoms with Crippen LogP contribution in [0.25, 0.3) is 0 Å². The van der Waals surface area contributed by atoms with E-state index in [2.05, 4.69) is 5.32 Å². The van der Waals surface area contributed by atoms with Gasteiger partial charge in [0, 0.05) is 12.1 Å². The van der Waals surface area contributed by atoms with Crippen molar-refractivity contribution in [3.8, 4) is 17.2 Å². The van der Waals surface area contributed by atoms with Gasteiger partial charge in [0.05, 0.1) is 52.3 Å². The van der Waals surface area contributed by atoms with Crippen molar-refractivity contribution in [3.05, 3.63) is 12.1 Å². The molecule has 8 nitrogen and oxygen atoms in total. The number of aliphatic hydroxyl groups excluding tert-OH is 1. The number of β-amino-alcohol motifs (C(OH)–C–C–N with tert-alkyl or cyclic N) is 1. The van der Waals surface area contributed by atoms with E-state index in [-0.39, 0.29) is 24.8 Å². The number of benzene rings is 1. The van der Waals surface area contributed by atoms with Crippen molar-refractivity contribution >= 4 is 11.7 Å². The molecular weight excluding hydrogens is 328 g/mol. The number of carbonyl (C=O) groups excluding carboxylic acids is 1. The lowest BCUT2D eigenvalue weighted by molar-refractivity contribution is -0.0393. The molecule has 2 amide bonds. The van der Waals surface area contributed by atoms with Gasteiger partial charge in [-0.2, -0.15) is 0 Å². The molecule has 1 heterocycles. The lowest BCUT2D eigenvalue weighted by Crippen LogP contribution is -2.34. The molecule has 140 valence electrons. The zero-order valence-electron chi connectivity index (χ0n) is 15.2. The van der Waals surface area contributed by atoms with Gasteiger partial charge in [-0.1, -0.05) is 0 Å². The highest BCUT2D eigenvalue weighted by molar-refractivity contribution is 5.90. The van der Waals surface area contributed by atoms with Crippen LogP contribution in [0.2, 0.25) is 0 Å². The van der Waals surface area contributed by atoms with Crippen molar-refractivity contribution in [2.45, 2.75) is 32.2 Å². The number of aliphatic hydroxyl groups is 1. The zero-order chi connectivity index (χ0) is 18.6. The van der Waals surface area contributed by atoms with Gasteiger partial charge in [0.25, 0.3) is 0 Å². The van der Waals surface area contributed by atoms with Gasteiger partial charge in [-0.25, -0.2) is 4.79 Å². The van der Waals surface area contributed by atoms with E-state index in [1.807, 2.05) is 13.8 Å². The molecule has 2 N–H and O–H groups in total. The maximum absolute atomic E-state index is 12.5. The van der Waals surface area contributed by atoms with Crippen molar-refractivity contribution in [1.29, 1.82) is 0 Å². The molecule has 1 aromatic carbocycles. The fourth-order valence-electron chi connectivity index (χ4n) is 2.76. The highest BCUT2D eigenvalue weighted by Crippen LogP contribution is 2.40. The zero-order valence-corrected chi connectivity index (χ0v) is 15.2. The Morgan fingerprint density at radius 2 is 1.76 bits per heavy atom. The summed E-state index contributed by atoms with van der Waals surface area (Å²) in [6.45, 7) is 4.33. The molecule has 8 heteroatoms. The molecule has 0 spiro atoms. The van der Waals surface area contributed by atoms with Gasteiger partial charge in [-0.05, 0) is 13.8 Å². The van der Waals surface area contributed by atoms with Crippen LogP contribution >= 0.6 is 0 Å². The summed E-state index contributed by atoms with van der Waals surface area (Å²) in [4.78, 5) is 14.0. The van der Waals surface area contributed by atoms with Crippen LogP contribution in [0, 0.1) is 0 Å². The number of hydrogen-bond donors (Lipinski definition) is 2. The second kappa shape index (κ2) is 8.26. The topological polar surface area (TPSA) is 89.5 Å². The monoisotopic (exact) mass is 354 g/mol. The van der Waals surface area contributed by atoms with Crippen LogP contribution in [0.15, 0.2) is 12.1 Å². The van der Waals surface area contributed by atoms with Crippen LogP contribution < -0.4 is 19.5 Å². The number of hydrogen-bond acceptors (Lipinski definition) is 6. The maximum atomic E-state index is 12.5. The number of amides is 2. The van der Waals surface area contributed by atoms with Gasteiger partial charge in [0.1, 0.15) is 6.10 Å². The van der Waals surface area contributed by atoms with Gasteiger partial charge >= 0.3 is 6.03 Å². The normalized spacial score (nSPS) is 19.9. The first-order valence-electron chi connectivity index (χ1n) is 8.09. The van der Waals surface area contributed by atoms with Gasteiger partial charge in [0.2, 0.25) is 5.75 Å². The summed E-state index contributed by atoms with van der Waals surface area (Å²) in [6, 6.07) is 2.96. The molecule has 0 aliphatic carbocycles. The first-order valence-corrected chi connectivity index (χ1v) is 8.09. The summed E-state index contributed by atoms with van der Waals surface area (Å²) in [5, 5.41) is 12.8. The van der Waals surface area contributed by atoms with Crippen molar-refractivity contribution in [3.63, 3.8) is 0 Å². The molecule has 1 aromatic rings. The Bertz CT molecular complexity index is 582. The summed E-state index contributed by atoms with van der Waals surface area (Å²) >= 11 is 0. The van der Waals surface area contributed by atoms with Crippen LogP contribution in [-0.4, -0.2) is 68.8 Å². The van der Waals surface area contributed by atoms with E-state index in [1.165, 1.54) is 26.2 Å². The summed E-state index contributed by atoms with van der Waals surface area (Å²) < 4.78 is 21.4. The van der Waals surface area contributed by atoms with Crippen LogP contribution in [0.5, 0.6) is 17.2 Å². The number of ether oxygens (including phenoxy) is 4. The summed E-state index contributed by atoms with van der Waals surface area (Å²) in [7, 11) is 4.53. The minimum absolute atomic E-state index is 0.0160. The Morgan fingerprint density at radius 1 is 1.16 bits per heavy atom. The highest BCUT2D eigenvalue weighted by Gasteiger charge is 2.35. The van der Waals surface area contributed by atoms with Crippen molar-refractivity contribution in [2.24, 2.45) is 0 Å². The van der Waals surface area contributed by atoms with Gasteiger partial charge < -0.3 is 34.3 Å². The predicted octanol–water partition coefficient (Wildman–Crippen LogP) is 1.71. The summed E-state index contributed by atoms with van der Waals surface area (Å²) in [5.41, 5.74) is 0.502. The fraction of sp³-hybridized carbons (Fsp3) is 0.588. The van der Waals surface area contributed by atoms with Crippen molar-refractivity contribution < 1.29 is 28.8 Å². The Labute approximate surface area is 147 Å². The van der Waals surface area contributed by atoms with Crippen LogP contribution in [0.1, 0.15) is 13.8 Å². The number of rotatable bonds is 6. The second-order valence-electron chi connectivity index (χ2n) is 6.04. The Kier molecular flexibility index (Phi) is 6.33. The predicted molar refractivity (Wildman–Crippen MR) is 92.7 cm³/mol. The molecule has 2 atom stereocenters. The third-order valence-electron chi connectivity index (χ3n) is 3.89. The standard InChI is InChI=1S/C17H26N2O6/c1-10(2)25-15-9-19(8-12(15)20)17(21)18-11-6-13(22-3)16(24-5)14(7-11)23-4/h6-7,10,12,15,20H,8-9H2,1-5H3,(H,18,21)/t12-,15-/m0/s1. The van der Waals surface area contributed by atoms with Crippen LogP contribution in [0.3, 0.4) is 0 Å². The number of anilines is 1. The molecule has 0 bridgehead atoms. The smallest absolute Gasteiger partial charge is 0.322 e. The van der Waals surface area contributed by atoms with E-state index >= 15 is 0 Å². The Balaban J connectivity index is 2.10. The number of urea groups is 1. The van der Waals surface area contributed by atoms with E-state index in [0.717, 1.165) is 0 Å². The first-order chi connectivity index (χ1) is 11.9. The molecule has 0 aromatic heterocycles. The number of methoxy groups -OCH3 is 3. The SMILES string of the molecule is COc1cc(NC(=O)N2C[C@H](OC(C)C)[C@@H](O)C2)cc(OC)c1OC. The molecule has 1 fully saturated rings. The molecule has 1 aliphatic rings. The second-order valence-corrected chi connectivity index (χ2v) is 6.04. The van der Waals surface area contributed by atoms with Gasteiger partial charge in [-0.15, -0.1) is 0 Å². The average molecular weight is 354 g/mol. The molecule has 1 saturated heterocycles. The van der Waals surface area contributed by atoms with Crippen molar-refractivity contribution in [1.82, 2.24) is 4.90 Å². The van der Waals surface area contributed by atoms with Crippen LogP contribution in [-0.2, 0) is 4.74 Å². The molecule has 25 heavy (non-hydrogen) atoms. The summed E-state index contributed by atoms with van der Waals surface area (Å²) in [5.74, 6) is 1.34. The highest BCUT2D eigenvalue weighted by atomic mass is 16.5. The molecule has 0 saturated carbocycles. The minimum Gasteiger partial charge on any atom is -0.493 e. The van der Waals surface area contributed by atoms with Gasteiger partial charge in [-0.3, -0.25) is 0 Å². The lowest BCUT2D eigenvalue weighted by atomic mass is 10.2. The minimum atomic E-state index is -0.701. The number of nitrogens with zero attached hydrogens (tertiary/aromatic N) is 1. The first kappa shape index (κ1) is 19.1. The quantitative estimate of drug-likeness (QED) is 0.808. The Hall–Kier alpha value is -2.19. The molecule has 2 rings (SSSR count). The van der Waals surface area contributed by atoms with E-state index in [0.29, 0.717) is 29.5 Å². The van der Waals surface area contributed by atoms with Gasteiger partial charge in [0.15, 0.2) is 11.5 Å². The molecular formula is C17H26N2O6. The fourth-order valence-corrected chi connectivity index (χ4v) is 2.76. The number of carbonyl (C=O) groups is 1. The molecule has 0 radical (unpaired) electrons. The number of nitrogens with one attached hydrogen (secondary N) is 1. The lowest BCUT2D eigenvalue weighted by Gasteiger charge is -2.19. The molecule has 0 unspecified atom stereocenters. The summed E-state index contributed by atoms with van der Waals surface area (Å²) in [6.07, 6.45) is -1.10. The molecule has 1 aliphatic heterocycles. The van der Waals surface area contributed by atoms with E-state index in [4.69, 9.17) is 18.9 Å². The van der Waals surface area contributed by atoms with E-state index in [1.54, 1.807) is 12.1 Å². The van der Waals surface area contributed by atoms with E-state index < -0.39 is 6.10 Å². The third kappa shape index (κ3) is 4.46. The largest absolute Gasteiger partial charge is 0.493 e.